The Hall–Kier alpha value is -1.18. The highest BCUT2D eigenvalue weighted by molar-refractivity contribution is 7.89. The van der Waals surface area contributed by atoms with E-state index in [9.17, 15) is 8.42 Å². The van der Waals surface area contributed by atoms with E-state index >= 15 is 0 Å². The zero-order valence-electron chi connectivity index (χ0n) is 13.0. The van der Waals surface area contributed by atoms with Crippen LogP contribution < -0.4 is 15.8 Å². The fourth-order valence-electron chi connectivity index (χ4n) is 3.81. The van der Waals surface area contributed by atoms with Crippen LogP contribution in [0.1, 0.15) is 31.2 Å². The lowest BCUT2D eigenvalue weighted by Crippen LogP contribution is -2.44. The predicted octanol–water partition coefficient (Wildman–Crippen LogP) is 1.53. The molecule has 2 aliphatic carbocycles. The van der Waals surface area contributed by atoms with Crippen molar-refractivity contribution in [1.82, 2.24) is 10.6 Å². The highest BCUT2D eigenvalue weighted by Gasteiger charge is 2.39. The van der Waals surface area contributed by atoms with Gasteiger partial charge in [-0.1, -0.05) is 18.6 Å². The molecule has 0 spiro atoms. The summed E-state index contributed by atoms with van der Waals surface area (Å²) in [6.45, 7) is 0.724. The molecule has 0 amide bonds. The van der Waals surface area contributed by atoms with Gasteiger partial charge < -0.3 is 10.6 Å². The number of nitrogens with two attached hydrogens (primary N) is 1. The third-order valence-electron chi connectivity index (χ3n) is 5.01. The molecule has 1 aromatic rings. The second kappa shape index (κ2) is 6.75. The summed E-state index contributed by atoms with van der Waals surface area (Å²) in [5, 5.41) is 12.5. The van der Waals surface area contributed by atoms with Gasteiger partial charge in [0.2, 0.25) is 10.0 Å². The number of thiocarbonyl (C=S) groups is 1. The van der Waals surface area contributed by atoms with Gasteiger partial charge in [0.15, 0.2) is 5.11 Å². The summed E-state index contributed by atoms with van der Waals surface area (Å²) >= 11 is 5.37. The second-order valence-corrected chi connectivity index (χ2v) is 8.59. The summed E-state index contributed by atoms with van der Waals surface area (Å²) < 4.78 is 22.4. The minimum Gasteiger partial charge on any atom is -0.362 e. The molecule has 1 aromatic carbocycles. The third-order valence-corrected chi connectivity index (χ3v) is 6.20. The number of rotatable bonds is 5. The maximum atomic E-state index is 11.2. The normalized spacial score (nSPS) is 26.2. The number of hydrogen-bond donors (Lipinski definition) is 3. The zero-order valence-corrected chi connectivity index (χ0v) is 14.6. The van der Waals surface area contributed by atoms with E-state index in [-0.39, 0.29) is 4.90 Å². The van der Waals surface area contributed by atoms with Crippen LogP contribution in [-0.2, 0) is 16.4 Å². The third kappa shape index (κ3) is 4.22. The number of primary sulfonamides is 1. The van der Waals surface area contributed by atoms with Crippen molar-refractivity contribution in [2.24, 2.45) is 17.0 Å². The zero-order chi connectivity index (χ0) is 16.4. The van der Waals surface area contributed by atoms with E-state index in [1.807, 2.05) is 0 Å². The molecule has 23 heavy (non-hydrogen) atoms. The molecular weight excluding hydrogens is 330 g/mol. The predicted molar refractivity (Wildman–Crippen MR) is 94.5 cm³/mol. The van der Waals surface area contributed by atoms with Gasteiger partial charge in [-0.25, -0.2) is 13.6 Å². The van der Waals surface area contributed by atoms with Gasteiger partial charge in [0.1, 0.15) is 0 Å². The SMILES string of the molecule is NS(=O)(=O)c1ccc(CCNC(=S)N[C@@H]2C[C@@H]3CC[C@@H]2C3)cc1. The summed E-state index contributed by atoms with van der Waals surface area (Å²) in [6.07, 6.45) is 6.11. The Labute approximate surface area is 143 Å². The molecule has 5 nitrogen and oxygen atoms in total. The van der Waals surface area contributed by atoms with E-state index in [1.165, 1.54) is 37.8 Å². The van der Waals surface area contributed by atoms with E-state index in [0.717, 1.165) is 35.5 Å². The molecule has 0 saturated heterocycles. The van der Waals surface area contributed by atoms with Gasteiger partial charge in [0.05, 0.1) is 4.90 Å². The van der Waals surface area contributed by atoms with Gasteiger partial charge in [-0.2, -0.15) is 0 Å². The van der Waals surface area contributed by atoms with Gasteiger partial charge in [-0.05, 0) is 67.4 Å². The smallest absolute Gasteiger partial charge is 0.238 e. The van der Waals surface area contributed by atoms with Crippen LogP contribution in [0.15, 0.2) is 29.2 Å². The number of hydrogen-bond acceptors (Lipinski definition) is 3. The lowest BCUT2D eigenvalue weighted by Gasteiger charge is -2.24. The molecule has 3 rings (SSSR count). The summed E-state index contributed by atoms with van der Waals surface area (Å²) in [6, 6.07) is 7.19. The molecule has 0 aromatic heterocycles. The largest absolute Gasteiger partial charge is 0.362 e. The standard InChI is InChI=1S/C16H23N3O2S2/c17-23(20,21)14-5-2-11(3-6-14)7-8-18-16(22)19-15-10-12-1-4-13(15)9-12/h2-3,5-6,12-13,15H,1,4,7-10H2,(H2,17,20,21)(H2,18,19,22)/t12-,13-,15-/m1/s1. The Bertz CT molecular complexity index is 673. The van der Waals surface area contributed by atoms with E-state index in [0.29, 0.717) is 6.04 Å². The van der Waals surface area contributed by atoms with Crippen LogP contribution in [0.5, 0.6) is 0 Å². The van der Waals surface area contributed by atoms with Crippen molar-refractivity contribution in [3.05, 3.63) is 29.8 Å². The van der Waals surface area contributed by atoms with Crippen LogP contribution in [-0.4, -0.2) is 26.1 Å². The number of sulfonamides is 1. The quantitative estimate of drug-likeness (QED) is 0.699. The van der Waals surface area contributed by atoms with Crippen LogP contribution in [0.2, 0.25) is 0 Å². The lowest BCUT2D eigenvalue weighted by atomic mass is 9.96. The molecule has 126 valence electrons. The number of benzene rings is 1. The average molecular weight is 354 g/mol. The van der Waals surface area contributed by atoms with Crippen LogP contribution in [0.4, 0.5) is 0 Å². The Morgan fingerprint density at radius 3 is 2.52 bits per heavy atom. The van der Waals surface area contributed by atoms with Gasteiger partial charge in [0.25, 0.3) is 0 Å². The topological polar surface area (TPSA) is 84.2 Å². The van der Waals surface area contributed by atoms with E-state index in [4.69, 9.17) is 17.4 Å². The fraction of sp³-hybridized carbons (Fsp3) is 0.562. The van der Waals surface area contributed by atoms with Crippen molar-refractivity contribution >= 4 is 27.4 Å². The fourth-order valence-corrected chi connectivity index (χ4v) is 4.58. The summed E-state index contributed by atoms with van der Waals surface area (Å²) in [5.41, 5.74) is 1.05. The first-order valence-corrected chi connectivity index (χ1v) is 10.0. The molecule has 0 unspecified atom stereocenters. The molecule has 7 heteroatoms. The average Bonchev–Trinajstić information content (AvgIpc) is 3.09. The molecule has 2 aliphatic rings. The Kier molecular flexibility index (Phi) is 4.89. The van der Waals surface area contributed by atoms with E-state index < -0.39 is 10.0 Å². The molecule has 2 bridgehead atoms. The molecule has 0 aliphatic heterocycles. The Morgan fingerprint density at radius 1 is 1.22 bits per heavy atom. The Balaban J connectivity index is 1.41. The lowest BCUT2D eigenvalue weighted by molar-refractivity contribution is 0.389. The Morgan fingerprint density at radius 2 is 1.96 bits per heavy atom. The second-order valence-electron chi connectivity index (χ2n) is 6.62. The van der Waals surface area contributed by atoms with Crippen molar-refractivity contribution in [2.45, 2.75) is 43.0 Å². The molecule has 3 atom stereocenters. The van der Waals surface area contributed by atoms with E-state index in [2.05, 4.69) is 10.6 Å². The molecule has 0 radical (unpaired) electrons. The van der Waals surface area contributed by atoms with Crippen molar-refractivity contribution in [2.75, 3.05) is 6.54 Å². The van der Waals surface area contributed by atoms with Crippen molar-refractivity contribution in [1.29, 1.82) is 0 Å². The van der Waals surface area contributed by atoms with Crippen molar-refractivity contribution in [3.63, 3.8) is 0 Å². The first-order chi connectivity index (χ1) is 10.9. The highest BCUT2D eigenvalue weighted by Crippen LogP contribution is 2.44. The number of nitrogens with one attached hydrogen (secondary N) is 2. The molecular formula is C16H23N3O2S2. The molecule has 2 saturated carbocycles. The molecule has 2 fully saturated rings. The minimum atomic E-state index is -3.62. The first kappa shape index (κ1) is 16.7. The van der Waals surface area contributed by atoms with Gasteiger partial charge in [-0.3, -0.25) is 0 Å². The van der Waals surface area contributed by atoms with Gasteiger partial charge in [-0.15, -0.1) is 0 Å². The highest BCUT2D eigenvalue weighted by atomic mass is 32.2. The van der Waals surface area contributed by atoms with Crippen LogP contribution >= 0.6 is 12.2 Å². The molecule has 0 heterocycles. The van der Waals surface area contributed by atoms with Crippen molar-refractivity contribution in [3.8, 4) is 0 Å². The van der Waals surface area contributed by atoms with Crippen LogP contribution in [0.25, 0.3) is 0 Å². The van der Waals surface area contributed by atoms with Crippen molar-refractivity contribution < 1.29 is 8.42 Å². The summed E-state index contributed by atoms with van der Waals surface area (Å²) in [4.78, 5) is 0.141. The van der Waals surface area contributed by atoms with Crippen LogP contribution in [0, 0.1) is 11.8 Å². The summed E-state index contributed by atoms with van der Waals surface area (Å²) in [5.74, 6) is 1.70. The van der Waals surface area contributed by atoms with Gasteiger partial charge in [0, 0.05) is 12.6 Å². The number of fused-ring (bicyclic) bond motifs is 2. The maximum Gasteiger partial charge on any atom is 0.238 e. The monoisotopic (exact) mass is 353 g/mol. The van der Waals surface area contributed by atoms with Crippen LogP contribution in [0.3, 0.4) is 0 Å². The first-order valence-electron chi connectivity index (χ1n) is 8.08. The van der Waals surface area contributed by atoms with Gasteiger partial charge >= 0.3 is 0 Å². The van der Waals surface area contributed by atoms with E-state index in [1.54, 1.807) is 12.1 Å². The maximum absolute atomic E-state index is 11.2. The summed E-state index contributed by atoms with van der Waals surface area (Å²) in [7, 11) is -3.62. The molecule has 4 N–H and O–H groups in total. The minimum absolute atomic E-state index is 0.141.